The Morgan fingerprint density at radius 2 is 1.89 bits per heavy atom. The Morgan fingerprint density at radius 3 is 2.58 bits per heavy atom. The van der Waals surface area contributed by atoms with E-state index in [1.165, 1.54) is 32.1 Å². The molecule has 4 nitrogen and oxygen atoms in total. The number of rotatable bonds is 3. The third-order valence-corrected chi connectivity index (χ3v) is 3.72. The molecule has 1 heterocycles. The van der Waals surface area contributed by atoms with Gasteiger partial charge in [-0.1, -0.05) is 32.1 Å². The van der Waals surface area contributed by atoms with Gasteiger partial charge in [-0.25, -0.2) is 4.98 Å². The average Bonchev–Trinajstić information content (AvgIpc) is 2.41. The number of amides is 1. The number of hydrogen-bond acceptors (Lipinski definition) is 3. The van der Waals surface area contributed by atoms with E-state index >= 15 is 0 Å². The van der Waals surface area contributed by atoms with E-state index in [1.807, 2.05) is 0 Å². The van der Waals surface area contributed by atoms with Gasteiger partial charge in [0, 0.05) is 24.8 Å². The quantitative estimate of drug-likeness (QED) is 0.879. The lowest BCUT2D eigenvalue weighted by Crippen LogP contribution is -2.35. The SMILES string of the molecule is CNc1cc(C(=O)NC2CCCCCCC2)ccn1. The van der Waals surface area contributed by atoms with Crippen LogP contribution in [0.5, 0.6) is 0 Å². The maximum atomic E-state index is 12.2. The summed E-state index contributed by atoms with van der Waals surface area (Å²) >= 11 is 0. The fourth-order valence-electron chi connectivity index (χ4n) is 2.58. The van der Waals surface area contributed by atoms with E-state index in [0.717, 1.165) is 18.7 Å². The van der Waals surface area contributed by atoms with Gasteiger partial charge in [-0.15, -0.1) is 0 Å². The lowest BCUT2D eigenvalue weighted by Gasteiger charge is -2.21. The van der Waals surface area contributed by atoms with E-state index < -0.39 is 0 Å². The number of pyridine rings is 1. The lowest BCUT2D eigenvalue weighted by atomic mass is 9.96. The average molecular weight is 261 g/mol. The highest BCUT2D eigenvalue weighted by Gasteiger charge is 2.15. The van der Waals surface area contributed by atoms with Crippen LogP contribution in [0.15, 0.2) is 18.3 Å². The fraction of sp³-hybridized carbons (Fsp3) is 0.600. The Balaban J connectivity index is 1.94. The maximum absolute atomic E-state index is 12.2. The predicted molar refractivity (Wildman–Crippen MR) is 77.4 cm³/mol. The van der Waals surface area contributed by atoms with Gasteiger partial charge in [-0.05, 0) is 25.0 Å². The van der Waals surface area contributed by atoms with Gasteiger partial charge in [0.1, 0.15) is 5.82 Å². The molecule has 1 aliphatic rings. The minimum absolute atomic E-state index is 0.0180. The highest BCUT2D eigenvalue weighted by molar-refractivity contribution is 5.94. The molecule has 1 saturated carbocycles. The zero-order valence-electron chi connectivity index (χ0n) is 11.6. The number of hydrogen-bond donors (Lipinski definition) is 2. The van der Waals surface area contributed by atoms with Crippen molar-refractivity contribution in [1.82, 2.24) is 10.3 Å². The summed E-state index contributed by atoms with van der Waals surface area (Å²) in [6.07, 6.45) is 10.3. The topological polar surface area (TPSA) is 54.0 Å². The first-order valence-electron chi connectivity index (χ1n) is 7.24. The monoisotopic (exact) mass is 261 g/mol. The summed E-state index contributed by atoms with van der Waals surface area (Å²) in [5.41, 5.74) is 0.682. The van der Waals surface area contributed by atoms with Gasteiger partial charge in [0.15, 0.2) is 0 Å². The van der Waals surface area contributed by atoms with Crippen LogP contribution in [0.3, 0.4) is 0 Å². The molecule has 2 N–H and O–H groups in total. The summed E-state index contributed by atoms with van der Waals surface area (Å²) in [4.78, 5) is 16.3. The Labute approximate surface area is 115 Å². The van der Waals surface area contributed by atoms with E-state index in [-0.39, 0.29) is 5.91 Å². The zero-order chi connectivity index (χ0) is 13.5. The second-order valence-corrected chi connectivity index (χ2v) is 5.20. The number of anilines is 1. The second kappa shape index (κ2) is 7.12. The van der Waals surface area contributed by atoms with E-state index in [2.05, 4.69) is 15.6 Å². The predicted octanol–water partition coefficient (Wildman–Crippen LogP) is 2.97. The molecular weight excluding hydrogens is 238 g/mol. The summed E-state index contributed by atoms with van der Waals surface area (Å²) in [6, 6.07) is 3.89. The summed E-state index contributed by atoms with van der Waals surface area (Å²) in [5, 5.41) is 6.11. The third kappa shape index (κ3) is 4.23. The molecule has 4 heteroatoms. The maximum Gasteiger partial charge on any atom is 0.251 e. The van der Waals surface area contributed by atoms with Crippen molar-refractivity contribution < 1.29 is 4.79 Å². The molecule has 0 aliphatic heterocycles. The van der Waals surface area contributed by atoms with Crippen molar-refractivity contribution in [3.05, 3.63) is 23.9 Å². The molecule has 0 atom stereocenters. The van der Waals surface area contributed by atoms with Crippen LogP contribution in [0.2, 0.25) is 0 Å². The summed E-state index contributed by atoms with van der Waals surface area (Å²) in [6.45, 7) is 0. The largest absolute Gasteiger partial charge is 0.373 e. The minimum Gasteiger partial charge on any atom is -0.373 e. The standard InChI is InChI=1S/C15H23N3O/c1-16-14-11-12(9-10-17-14)15(19)18-13-7-5-3-2-4-6-8-13/h9-11,13H,2-8H2,1H3,(H,16,17)(H,18,19). The molecule has 19 heavy (non-hydrogen) atoms. The van der Waals surface area contributed by atoms with E-state index in [0.29, 0.717) is 11.6 Å². The van der Waals surface area contributed by atoms with Crippen molar-refractivity contribution in [1.29, 1.82) is 0 Å². The Kier molecular flexibility index (Phi) is 5.19. The zero-order valence-corrected chi connectivity index (χ0v) is 11.6. The first kappa shape index (κ1) is 13.8. The number of nitrogens with zero attached hydrogens (tertiary/aromatic N) is 1. The van der Waals surface area contributed by atoms with Crippen molar-refractivity contribution in [3.63, 3.8) is 0 Å². The van der Waals surface area contributed by atoms with E-state index in [1.54, 1.807) is 25.4 Å². The van der Waals surface area contributed by atoms with Crippen LogP contribution in [-0.4, -0.2) is 24.0 Å². The molecule has 1 aromatic rings. The van der Waals surface area contributed by atoms with Gasteiger partial charge in [0.05, 0.1) is 0 Å². The molecule has 0 aromatic carbocycles. The van der Waals surface area contributed by atoms with Crippen LogP contribution in [-0.2, 0) is 0 Å². The molecular formula is C15H23N3O. The van der Waals surface area contributed by atoms with E-state index in [4.69, 9.17) is 0 Å². The minimum atomic E-state index is 0.0180. The van der Waals surface area contributed by atoms with Crippen LogP contribution in [0, 0.1) is 0 Å². The molecule has 0 radical (unpaired) electrons. The first-order chi connectivity index (χ1) is 9.29. The van der Waals surface area contributed by atoms with Gasteiger partial charge in [0.2, 0.25) is 0 Å². The smallest absolute Gasteiger partial charge is 0.251 e. The van der Waals surface area contributed by atoms with Crippen molar-refractivity contribution in [2.75, 3.05) is 12.4 Å². The van der Waals surface area contributed by atoms with Crippen LogP contribution >= 0.6 is 0 Å². The molecule has 0 saturated heterocycles. The van der Waals surface area contributed by atoms with Crippen molar-refractivity contribution in [2.24, 2.45) is 0 Å². The van der Waals surface area contributed by atoms with Gasteiger partial charge < -0.3 is 10.6 Å². The van der Waals surface area contributed by atoms with Gasteiger partial charge in [-0.2, -0.15) is 0 Å². The molecule has 1 aromatic heterocycles. The van der Waals surface area contributed by atoms with Crippen LogP contribution in [0.4, 0.5) is 5.82 Å². The lowest BCUT2D eigenvalue weighted by molar-refractivity contribution is 0.0930. The third-order valence-electron chi connectivity index (χ3n) is 3.72. The summed E-state index contributed by atoms with van der Waals surface area (Å²) in [5.74, 6) is 0.745. The number of nitrogens with one attached hydrogen (secondary N) is 2. The van der Waals surface area contributed by atoms with Gasteiger partial charge in [-0.3, -0.25) is 4.79 Å². The van der Waals surface area contributed by atoms with Crippen LogP contribution < -0.4 is 10.6 Å². The van der Waals surface area contributed by atoms with Gasteiger partial charge >= 0.3 is 0 Å². The van der Waals surface area contributed by atoms with Crippen LogP contribution in [0.25, 0.3) is 0 Å². The van der Waals surface area contributed by atoms with Crippen molar-refractivity contribution in [2.45, 2.75) is 51.0 Å². The Bertz CT molecular complexity index is 412. The summed E-state index contributed by atoms with van der Waals surface area (Å²) in [7, 11) is 1.80. The first-order valence-corrected chi connectivity index (χ1v) is 7.24. The number of carbonyl (C=O) groups excluding carboxylic acids is 1. The van der Waals surface area contributed by atoms with Gasteiger partial charge in [0.25, 0.3) is 5.91 Å². The summed E-state index contributed by atoms with van der Waals surface area (Å²) < 4.78 is 0. The van der Waals surface area contributed by atoms with E-state index in [9.17, 15) is 4.79 Å². The molecule has 0 bridgehead atoms. The molecule has 104 valence electrons. The number of aromatic nitrogens is 1. The fourth-order valence-corrected chi connectivity index (χ4v) is 2.58. The van der Waals surface area contributed by atoms with Crippen LogP contribution in [0.1, 0.15) is 55.3 Å². The Morgan fingerprint density at radius 1 is 1.21 bits per heavy atom. The highest BCUT2D eigenvalue weighted by atomic mass is 16.1. The Hall–Kier alpha value is -1.58. The molecule has 1 amide bonds. The molecule has 2 rings (SSSR count). The van der Waals surface area contributed by atoms with Crippen molar-refractivity contribution in [3.8, 4) is 0 Å². The number of carbonyl (C=O) groups is 1. The molecule has 0 unspecified atom stereocenters. The molecule has 1 fully saturated rings. The normalized spacial score (nSPS) is 17.3. The second-order valence-electron chi connectivity index (χ2n) is 5.20. The molecule has 1 aliphatic carbocycles. The van der Waals surface area contributed by atoms with Crippen molar-refractivity contribution >= 4 is 11.7 Å². The molecule has 0 spiro atoms. The highest BCUT2D eigenvalue weighted by Crippen LogP contribution is 2.17.